The highest BCUT2D eigenvalue weighted by Crippen LogP contribution is 2.22. The SMILES string of the molecule is CC(=O)N(c1ccc(O)cc1)C(Cc1ccccc1)C(=O)O. The van der Waals surface area contributed by atoms with Gasteiger partial charge in [-0.25, -0.2) is 4.79 Å². The van der Waals surface area contributed by atoms with Crippen molar-refractivity contribution < 1.29 is 19.8 Å². The molecule has 0 fully saturated rings. The van der Waals surface area contributed by atoms with Crippen molar-refractivity contribution in [3.8, 4) is 5.75 Å². The fraction of sp³-hybridized carbons (Fsp3) is 0.176. The number of hydrogen-bond acceptors (Lipinski definition) is 3. The Hall–Kier alpha value is -2.82. The third-order valence-electron chi connectivity index (χ3n) is 3.34. The first-order valence-electron chi connectivity index (χ1n) is 6.84. The summed E-state index contributed by atoms with van der Waals surface area (Å²) < 4.78 is 0. The van der Waals surface area contributed by atoms with Crippen LogP contribution in [0.3, 0.4) is 0 Å². The van der Waals surface area contributed by atoms with Crippen molar-refractivity contribution in [2.24, 2.45) is 0 Å². The zero-order valence-electron chi connectivity index (χ0n) is 12.1. The number of hydrogen-bond donors (Lipinski definition) is 2. The molecule has 2 aromatic rings. The number of anilines is 1. The van der Waals surface area contributed by atoms with Crippen molar-refractivity contribution >= 4 is 17.6 Å². The van der Waals surface area contributed by atoms with Crippen molar-refractivity contribution in [1.82, 2.24) is 0 Å². The number of phenols is 1. The van der Waals surface area contributed by atoms with Crippen molar-refractivity contribution in [2.75, 3.05) is 4.90 Å². The quantitative estimate of drug-likeness (QED) is 0.889. The van der Waals surface area contributed by atoms with Gasteiger partial charge in [0.1, 0.15) is 11.8 Å². The number of carbonyl (C=O) groups excluding carboxylic acids is 1. The number of aromatic hydroxyl groups is 1. The zero-order chi connectivity index (χ0) is 16.1. The maximum absolute atomic E-state index is 12.0. The summed E-state index contributed by atoms with van der Waals surface area (Å²) in [6.45, 7) is 1.33. The molecule has 1 unspecified atom stereocenters. The molecule has 2 N–H and O–H groups in total. The molecule has 0 saturated heterocycles. The number of nitrogens with zero attached hydrogens (tertiary/aromatic N) is 1. The molecule has 2 aromatic carbocycles. The van der Waals surface area contributed by atoms with E-state index in [1.165, 1.54) is 36.1 Å². The molecule has 0 heterocycles. The predicted octanol–water partition coefficient (Wildman–Crippen LogP) is 2.44. The molecule has 114 valence electrons. The van der Waals surface area contributed by atoms with Gasteiger partial charge >= 0.3 is 5.97 Å². The normalized spacial score (nSPS) is 11.7. The number of benzene rings is 2. The van der Waals surface area contributed by atoms with Crippen LogP contribution in [-0.4, -0.2) is 28.1 Å². The summed E-state index contributed by atoms with van der Waals surface area (Å²) in [4.78, 5) is 24.8. The van der Waals surface area contributed by atoms with E-state index >= 15 is 0 Å². The maximum atomic E-state index is 12.0. The molecule has 0 aliphatic heterocycles. The summed E-state index contributed by atoms with van der Waals surface area (Å²) in [6.07, 6.45) is 0.205. The van der Waals surface area contributed by atoms with Gasteiger partial charge < -0.3 is 10.2 Å². The lowest BCUT2D eigenvalue weighted by Crippen LogP contribution is -2.45. The molecular weight excluding hydrogens is 282 g/mol. The second kappa shape index (κ2) is 6.76. The lowest BCUT2D eigenvalue weighted by atomic mass is 10.0. The molecule has 5 nitrogen and oxygen atoms in total. The van der Waals surface area contributed by atoms with E-state index in [1.54, 1.807) is 0 Å². The van der Waals surface area contributed by atoms with Gasteiger partial charge in [0.05, 0.1) is 0 Å². The molecular formula is C17H17NO4. The molecule has 0 aliphatic carbocycles. The monoisotopic (exact) mass is 299 g/mol. The summed E-state index contributed by atoms with van der Waals surface area (Å²) in [5.41, 5.74) is 1.27. The third-order valence-corrected chi connectivity index (χ3v) is 3.34. The topological polar surface area (TPSA) is 77.8 Å². The summed E-state index contributed by atoms with van der Waals surface area (Å²) in [5.74, 6) is -1.39. The van der Waals surface area contributed by atoms with Crippen LogP contribution in [-0.2, 0) is 16.0 Å². The minimum absolute atomic E-state index is 0.0576. The third kappa shape index (κ3) is 3.63. The molecule has 1 amide bonds. The van der Waals surface area contributed by atoms with Gasteiger partial charge in [0.2, 0.25) is 5.91 Å². The van der Waals surface area contributed by atoms with Gasteiger partial charge in [-0.3, -0.25) is 9.69 Å². The van der Waals surface area contributed by atoms with Crippen LogP contribution >= 0.6 is 0 Å². The number of carboxylic acids is 1. The van der Waals surface area contributed by atoms with Crippen LogP contribution in [0, 0.1) is 0 Å². The zero-order valence-corrected chi connectivity index (χ0v) is 12.1. The Bertz CT molecular complexity index is 652. The number of carbonyl (C=O) groups is 2. The van der Waals surface area contributed by atoms with Crippen molar-refractivity contribution in [3.05, 3.63) is 60.2 Å². The first-order chi connectivity index (χ1) is 10.5. The van der Waals surface area contributed by atoms with E-state index in [0.717, 1.165) is 5.56 Å². The van der Waals surface area contributed by atoms with Crippen LogP contribution in [0.5, 0.6) is 5.75 Å². The Labute approximate surface area is 128 Å². The van der Waals surface area contributed by atoms with Crippen LogP contribution in [0.1, 0.15) is 12.5 Å². The Balaban J connectivity index is 2.35. The molecule has 5 heteroatoms. The smallest absolute Gasteiger partial charge is 0.327 e. The van der Waals surface area contributed by atoms with Crippen LogP contribution in [0.4, 0.5) is 5.69 Å². The molecule has 0 spiro atoms. The van der Waals surface area contributed by atoms with E-state index in [2.05, 4.69) is 0 Å². The first kappa shape index (κ1) is 15.6. The van der Waals surface area contributed by atoms with E-state index in [-0.39, 0.29) is 18.1 Å². The van der Waals surface area contributed by atoms with Crippen LogP contribution < -0.4 is 4.90 Å². The van der Waals surface area contributed by atoms with Gasteiger partial charge in [-0.15, -0.1) is 0 Å². The van der Waals surface area contributed by atoms with Gasteiger partial charge in [-0.2, -0.15) is 0 Å². The summed E-state index contributed by atoms with van der Waals surface area (Å²) in [7, 11) is 0. The molecule has 2 rings (SSSR count). The minimum Gasteiger partial charge on any atom is -0.508 e. The largest absolute Gasteiger partial charge is 0.508 e. The van der Waals surface area contributed by atoms with Gasteiger partial charge in [0, 0.05) is 19.0 Å². The summed E-state index contributed by atoms with van der Waals surface area (Å²) in [5, 5.41) is 18.9. The second-order valence-corrected chi connectivity index (χ2v) is 4.95. The number of carboxylic acid groups (broad SMARTS) is 1. The average Bonchev–Trinajstić information content (AvgIpc) is 2.49. The predicted molar refractivity (Wildman–Crippen MR) is 82.8 cm³/mol. The maximum Gasteiger partial charge on any atom is 0.327 e. The van der Waals surface area contributed by atoms with Crippen LogP contribution in [0.2, 0.25) is 0 Å². The van der Waals surface area contributed by atoms with E-state index in [1.807, 2.05) is 30.3 Å². The Morgan fingerprint density at radius 3 is 2.14 bits per heavy atom. The van der Waals surface area contributed by atoms with Crippen molar-refractivity contribution in [1.29, 1.82) is 0 Å². The molecule has 0 aromatic heterocycles. The molecule has 22 heavy (non-hydrogen) atoms. The van der Waals surface area contributed by atoms with E-state index in [9.17, 15) is 19.8 Å². The highest BCUT2D eigenvalue weighted by molar-refractivity contribution is 5.98. The fourth-order valence-corrected chi connectivity index (χ4v) is 2.32. The second-order valence-electron chi connectivity index (χ2n) is 4.95. The lowest BCUT2D eigenvalue weighted by molar-refractivity contribution is -0.140. The van der Waals surface area contributed by atoms with Gasteiger partial charge in [0.15, 0.2) is 0 Å². The van der Waals surface area contributed by atoms with Crippen molar-refractivity contribution in [3.63, 3.8) is 0 Å². The molecule has 0 radical (unpaired) electrons. The summed E-state index contributed by atoms with van der Waals surface area (Å²) in [6, 6.07) is 14.0. The molecule has 0 bridgehead atoms. The summed E-state index contributed by atoms with van der Waals surface area (Å²) >= 11 is 0. The Morgan fingerprint density at radius 1 is 1.05 bits per heavy atom. The molecule has 0 aliphatic rings. The Kier molecular flexibility index (Phi) is 4.78. The number of aliphatic carboxylic acids is 1. The van der Waals surface area contributed by atoms with E-state index in [4.69, 9.17) is 0 Å². The number of amides is 1. The molecule has 0 saturated carbocycles. The Morgan fingerprint density at radius 2 is 1.64 bits per heavy atom. The number of rotatable bonds is 5. The van der Waals surface area contributed by atoms with Gasteiger partial charge in [-0.1, -0.05) is 30.3 Å². The van der Waals surface area contributed by atoms with Gasteiger partial charge in [0.25, 0.3) is 0 Å². The van der Waals surface area contributed by atoms with E-state index in [0.29, 0.717) is 5.69 Å². The van der Waals surface area contributed by atoms with Crippen LogP contribution in [0.25, 0.3) is 0 Å². The molecule has 1 atom stereocenters. The first-order valence-corrected chi connectivity index (χ1v) is 6.84. The minimum atomic E-state index is -1.08. The number of phenolic OH excluding ortho intramolecular Hbond substituents is 1. The lowest BCUT2D eigenvalue weighted by Gasteiger charge is -2.28. The fourth-order valence-electron chi connectivity index (χ4n) is 2.32. The van der Waals surface area contributed by atoms with Crippen LogP contribution in [0.15, 0.2) is 54.6 Å². The van der Waals surface area contributed by atoms with E-state index < -0.39 is 12.0 Å². The highest BCUT2D eigenvalue weighted by atomic mass is 16.4. The van der Waals surface area contributed by atoms with Crippen molar-refractivity contribution in [2.45, 2.75) is 19.4 Å². The average molecular weight is 299 g/mol. The highest BCUT2D eigenvalue weighted by Gasteiger charge is 2.29. The van der Waals surface area contributed by atoms with Gasteiger partial charge in [-0.05, 0) is 29.8 Å². The standard InChI is InChI=1S/C17H17NO4/c1-12(19)18(14-7-9-15(20)10-8-14)16(17(21)22)11-13-5-3-2-4-6-13/h2-10,16,20H,11H2,1H3,(H,21,22).